The summed E-state index contributed by atoms with van der Waals surface area (Å²) in [4.78, 5) is 10.6. The van der Waals surface area contributed by atoms with Crippen LogP contribution in [0.4, 0.5) is 0 Å². The fourth-order valence-electron chi connectivity index (χ4n) is 0.902. The molecule has 0 spiro atoms. The molecule has 2 nitrogen and oxygen atoms in total. The molecule has 76 valence electrons. The van der Waals surface area contributed by atoms with E-state index in [0.29, 0.717) is 0 Å². The predicted octanol–water partition coefficient (Wildman–Crippen LogP) is 3.16. The van der Waals surface area contributed by atoms with E-state index in [-0.39, 0.29) is 5.25 Å². The Kier molecular flexibility index (Phi) is 4.48. The number of carboxylic acids is 1. The number of benzene rings is 1. The van der Waals surface area contributed by atoms with E-state index in [1.165, 1.54) is 11.8 Å². The fraction of sp³-hybridized carbons (Fsp3) is 0.300. The molecule has 0 heterocycles. The summed E-state index contributed by atoms with van der Waals surface area (Å²) in [6, 6.07) is 7.85. The van der Waals surface area contributed by atoms with Gasteiger partial charge in [-0.05, 0) is 18.6 Å². The van der Waals surface area contributed by atoms with Crippen LogP contribution in [-0.2, 0) is 10.5 Å². The van der Waals surface area contributed by atoms with E-state index in [2.05, 4.69) is 15.9 Å². The standard InChI is InChI=1S/C10H11BrO2S/c1-7(10(12)13)14-6-8-4-2-3-5-9(8)11/h2-5,7H,6H2,1H3,(H,12,13). The molecule has 14 heavy (non-hydrogen) atoms. The van der Waals surface area contributed by atoms with Gasteiger partial charge in [0, 0.05) is 10.2 Å². The minimum Gasteiger partial charge on any atom is -0.480 e. The van der Waals surface area contributed by atoms with Crippen LogP contribution < -0.4 is 0 Å². The first-order valence-corrected chi connectivity index (χ1v) is 6.03. The third-order valence-corrected chi connectivity index (χ3v) is 3.75. The van der Waals surface area contributed by atoms with Crippen molar-refractivity contribution in [3.63, 3.8) is 0 Å². The van der Waals surface area contributed by atoms with Gasteiger partial charge in [0.05, 0.1) is 5.25 Å². The second kappa shape index (κ2) is 5.41. The van der Waals surface area contributed by atoms with Gasteiger partial charge in [-0.1, -0.05) is 34.1 Å². The lowest BCUT2D eigenvalue weighted by atomic mass is 10.2. The highest BCUT2D eigenvalue weighted by Gasteiger charge is 2.11. The number of thioether (sulfide) groups is 1. The van der Waals surface area contributed by atoms with Gasteiger partial charge in [-0.25, -0.2) is 0 Å². The molecule has 0 aromatic heterocycles. The predicted molar refractivity (Wildman–Crippen MR) is 62.5 cm³/mol. The van der Waals surface area contributed by atoms with Gasteiger partial charge >= 0.3 is 5.97 Å². The van der Waals surface area contributed by atoms with Crippen molar-refractivity contribution in [1.82, 2.24) is 0 Å². The van der Waals surface area contributed by atoms with Crippen molar-refractivity contribution in [2.45, 2.75) is 17.9 Å². The van der Waals surface area contributed by atoms with E-state index in [1.807, 2.05) is 24.3 Å². The molecule has 1 aromatic carbocycles. The Morgan fingerprint density at radius 3 is 2.79 bits per heavy atom. The summed E-state index contributed by atoms with van der Waals surface area (Å²) in [6.07, 6.45) is 0. The molecule has 0 aliphatic rings. The number of carbonyl (C=O) groups is 1. The number of halogens is 1. The number of rotatable bonds is 4. The van der Waals surface area contributed by atoms with Gasteiger partial charge in [0.2, 0.25) is 0 Å². The summed E-state index contributed by atoms with van der Waals surface area (Å²) in [5.74, 6) is -0.0448. The van der Waals surface area contributed by atoms with E-state index in [0.717, 1.165) is 15.8 Å². The molecule has 0 fully saturated rings. The second-order valence-electron chi connectivity index (χ2n) is 2.88. The van der Waals surface area contributed by atoms with Crippen LogP contribution in [-0.4, -0.2) is 16.3 Å². The minimum atomic E-state index is -0.762. The first-order chi connectivity index (χ1) is 6.61. The summed E-state index contributed by atoms with van der Waals surface area (Å²) in [6.45, 7) is 1.70. The molecule has 0 bridgehead atoms. The summed E-state index contributed by atoms with van der Waals surface area (Å²) in [7, 11) is 0. The quantitative estimate of drug-likeness (QED) is 0.917. The molecule has 0 aliphatic carbocycles. The fourth-order valence-corrected chi connectivity index (χ4v) is 2.34. The van der Waals surface area contributed by atoms with Gasteiger partial charge < -0.3 is 5.11 Å². The zero-order valence-electron chi connectivity index (χ0n) is 7.74. The van der Waals surface area contributed by atoms with Crippen LogP contribution in [0.15, 0.2) is 28.7 Å². The van der Waals surface area contributed by atoms with Crippen LogP contribution in [0.3, 0.4) is 0 Å². The summed E-state index contributed by atoms with van der Waals surface area (Å²) in [5, 5.41) is 8.34. The van der Waals surface area contributed by atoms with Crippen molar-refractivity contribution >= 4 is 33.7 Å². The molecule has 0 amide bonds. The van der Waals surface area contributed by atoms with Gasteiger partial charge in [-0.15, -0.1) is 11.8 Å². The lowest BCUT2D eigenvalue weighted by Crippen LogP contribution is -2.11. The first kappa shape index (κ1) is 11.6. The number of carboxylic acid groups (broad SMARTS) is 1. The van der Waals surface area contributed by atoms with E-state index in [9.17, 15) is 4.79 Å². The van der Waals surface area contributed by atoms with Gasteiger partial charge in [-0.2, -0.15) is 0 Å². The van der Waals surface area contributed by atoms with Crippen molar-refractivity contribution in [3.05, 3.63) is 34.3 Å². The summed E-state index contributed by atoms with van der Waals surface area (Å²) < 4.78 is 1.03. The smallest absolute Gasteiger partial charge is 0.316 e. The van der Waals surface area contributed by atoms with Gasteiger partial charge in [0.15, 0.2) is 0 Å². The topological polar surface area (TPSA) is 37.3 Å². The van der Waals surface area contributed by atoms with E-state index in [4.69, 9.17) is 5.11 Å². The van der Waals surface area contributed by atoms with Crippen LogP contribution in [0, 0.1) is 0 Å². The number of aliphatic carboxylic acids is 1. The van der Waals surface area contributed by atoms with Gasteiger partial charge in [0.25, 0.3) is 0 Å². The maximum atomic E-state index is 10.6. The Balaban J connectivity index is 2.54. The van der Waals surface area contributed by atoms with Crippen LogP contribution in [0.5, 0.6) is 0 Å². The highest BCUT2D eigenvalue weighted by atomic mass is 79.9. The number of hydrogen-bond acceptors (Lipinski definition) is 2. The highest BCUT2D eigenvalue weighted by molar-refractivity contribution is 9.10. The Morgan fingerprint density at radius 2 is 2.21 bits per heavy atom. The zero-order valence-corrected chi connectivity index (χ0v) is 10.1. The Labute approximate surface area is 95.8 Å². The Hall–Kier alpha value is -0.480. The lowest BCUT2D eigenvalue weighted by molar-refractivity contribution is -0.136. The molecular weight excluding hydrogens is 264 g/mol. The number of hydrogen-bond donors (Lipinski definition) is 1. The molecule has 1 aromatic rings. The third kappa shape index (κ3) is 3.35. The Bertz CT molecular complexity index is 328. The van der Waals surface area contributed by atoms with Crippen LogP contribution in [0.1, 0.15) is 12.5 Å². The van der Waals surface area contributed by atoms with E-state index < -0.39 is 5.97 Å². The monoisotopic (exact) mass is 274 g/mol. The highest BCUT2D eigenvalue weighted by Crippen LogP contribution is 2.23. The van der Waals surface area contributed by atoms with Crippen molar-refractivity contribution in [3.8, 4) is 0 Å². The average Bonchev–Trinajstić information content (AvgIpc) is 2.16. The Morgan fingerprint density at radius 1 is 1.57 bits per heavy atom. The minimum absolute atomic E-state index is 0.359. The molecule has 0 aliphatic heterocycles. The SMILES string of the molecule is CC(SCc1ccccc1Br)C(=O)O. The first-order valence-electron chi connectivity index (χ1n) is 4.19. The van der Waals surface area contributed by atoms with Gasteiger partial charge in [0.1, 0.15) is 0 Å². The van der Waals surface area contributed by atoms with Gasteiger partial charge in [-0.3, -0.25) is 4.79 Å². The maximum Gasteiger partial charge on any atom is 0.316 e. The van der Waals surface area contributed by atoms with E-state index >= 15 is 0 Å². The second-order valence-corrected chi connectivity index (χ2v) is 5.07. The largest absolute Gasteiger partial charge is 0.480 e. The molecular formula is C10H11BrO2S. The molecule has 4 heteroatoms. The summed E-state index contributed by atoms with van der Waals surface area (Å²) in [5.41, 5.74) is 1.13. The lowest BCUT2D eigenvalue weighted by Gasteiger charge is -2.07. The summed E-state index contributed by atoms with van der Waals surface area (Å²) >= 11 is 4.84. The third-order valence-electron chi connectivity index (χ3n) is 1.79. The van der Waals surface area contributed by atoms with E-state index in [1.54, 1.807) is 6.92 Å². The van der Waals surface area contributed by atoms with Crippen molar-refractivity contribution in [2.75, 3.05) is 0 Å². The molecule has 1 rings (SSSR count). The molecule has 1 atom stereocenters. The molecule has 0 radical (unpaired) electrons. The van der Waals surface area contributed by atoms with Crippen molar-refractivity contribution < 1.29 is 9.90 Å². The molecule has 0 saturated carbocycles. The zero-order chi connectivity index (χ0) is 10.6. The normalized spacial score (nSPS) is 12.4. The van der Waals surface area contributed by atoms with Crippen LogP contribution >= 0.6 is 27.7 Å². The van der Waals surface area contributed by atoms with Crippen LogP contribution in [0.2, 0.25) is 0 Å². The maximum absolute atomic E-state index is 10.6. The molecule has 1 N–H and O–H groups in total. The molecule has 1 unspecified atom stereocenters. The van der Waals surface area contributed by atoms with Crippen LogP contribution in [0.25, 0.3) is 0 Å². The molecule has 0 saturated heterocycles. The van der Waals surface area contributed by atoms with Crippen molar-refractivity contribution in [1.29, 1.82) is 0 Å². The van der Waals surface area contributed by atoms with Crippen molar-refractivity contribution in [2.24, 2.45) is 0 Å². The average molecular weight is 275 g/mol.